The minimum atomic E-state index is -4.28. The van der Waals surface area contributed by atoms with Gasteiger partial charge >= 0.3 is 12.1 Å². The molecule has 18 heavy (non-hydrogen) atoms. The van der Waals surface area contributed by atoms with Gasteiger partial charge in [-0.1, -0.05) is 12.1 Å². The molecule has 0 amide bonds. The second kappa shape index (κ2) is 5.29. The molecule has 0 heterocycles. The Balaban J connectivity index is 2.93. The van der Waals surface area contributed by atoms with Crippen LogP contribution in [0.3, 0.4) is 0 Å². The number of para-hydroxylation sites is 1. The van der Waals surface area contributed by atoms with Gasteiger partial charge in [0.05, 0.1) is 17.7 Å². The average molecular weight is 261 g/mol. The Morgan fingerprint density at radius 1 is 1.44 bits per heavy atom. The van der Waals surface area contributed by atoms with Gasteiger partial charge in [0.2, 0.25) is 0 Å². The highest BCUT2D eigenvalue weighted by molar-refractivity contribution is 5.95. The van der Waals surface area contributed by atoms with Gasteiger partial charge in [0.15, 0.2) is 0 Å². The fraction of sp³-hybridized carbons (Fsp3) is 0.417. The third kappa shape index (κ3) is 3.94. The van der Waals surface area contributed by atoms with E-state index in [0.717, 1.165) is 0 Å². The van der Waals surface area contributed by atoms with E-state index in [1.807, 2.05) is 0 Å². The van der Waals surface area contributed by atoms with Gasteiger partial charge in [-0.15, -0.1) is 0 Å². The van der Waals surface area contributed by atoms with Gasteiger partial charge in [-0.3, -0.25) is 0 Å². The predicted molar refractivity (Wildman–Crippen MR) is 61.9 cm³/mol. The Morgan fingerprint density at radius 2 is 2.06 bits per heavy atom. The molecule has 2 N–H and O–H groups in total. The molecule has 6 heteroatoms. The Kier molecular flexibility index (Phi) is 4.21. The van der Waals surface area contributed by atoms with Crippen LogP contribution in [0.2, 0.25) is 0 Å². The van der Waals surface area contributed by atoms with Crippen LogP contribution in [-0.2, 0) is 0 Å². The van der Waals surface area contributed by atoms with Gasteiger partial charge in [0, 0.05) is 6.04 Å². The molecule has 0 saturated carbocycles. The van der Waals surface area contributed by atoms with Gasteiger partial charge in [0.25, 0.3) is 0 Å². The van der Waals surface area contributed by atoms with E-state index in [1.165, 1.54) is 13.0 Å². The molecule has 1 unspecified atom stereocenters. The van der Waals surface area contributed by atoms with Crippen LogP contribution in [0.25, 0.3) is 0 Å². The number of halogens is 3. The highest BCUT2D eigenvalue weighted by Crippen LogP contribution is 2.26. The standard InChI is InChI=1S/C12H14F3NO2/c1-7-4-3-5-9(11(17)18)10(7)16-8(2)6-12(13,14)15/h3-5,8,16H,6H2,1-2H3,(H,17,18). The fourth-order valence-corrected chi connectivity index (χ4v) is 1.68. The van der Waals surface area contributed by atoms with Crippen LogP contribution in [0.1, 0.15) is 29.3 Å². The second-order valence-corrected chi connectivity index (χ2v) is 4.17. The largest absolute Gasteiger partial charge is 0.478 e. The molecule has 0 bridgehead atoms. The van der Waals surface area contributed by atoms with Gasteiger partial charge in [-0.25, -0.2) is 4.79 Å². The maximum absolute atomic E-state index is 12.2. The fourth-order valence-electron chi connectivity index (χ4n) is 1.68. The van der Waals surface area contributed by atoms with Crippen molar-refractivity contribution in [1.29, 1.82) is 0 Å². The lowest BCUT2D eigenvalue weighted by molar-refractivity contribution is -0.136. The Bertz CT molecular complexity index is 443. The van der Waals surface area contributed by atoms with Gasteiger partial charge in [-0.05, 0) is 25.5 Å². The van der Waals surface area contributed by atoms with E-state index >= 15 is 0 Å². The summed E-state index contributed by atoms with van der Waals surface area (Å²) in [6.07, 6.45) is -5.29. The quantitative estimate of drug-likeness (QED) is 0.872. The van der Waals surface area contributed by atoms with Crippen LogP contribution in [0.15, 0.2) is 18.2 Å². The lowest BCUT2D eigenvalue weighted by atomic mass is 10.1. The number of hydrogen-bond acceptors (Lipinski definition) is 2. The molecule has 0 aliphatic carbocycles. The first kappa shape index (κ1) is 14.3. The first-order valence-corrected chi connectivity index (χ1v) is 5.37. The van der Waals surface area contributed by atoms with Crippen LogP contribution in [-0.4, -0.2) is 23.3 Å². The molecular weight excluding hydrogens is 247 g/mol. The first-order valence-electron chi connectivity index (χ1n) is 5.37. The topological polar surface area (TPSA) is 49.3 Å². The summed E-state index contributed by atoms with van der Waals surface area (Å²) in [6, 6.07) is 3.68. The van der Waals surface area contributed by atoms with E-state index in [2.05, 4.69) is 5.32 Å². The number of nitrogens with one attached hydrogen (secondary N) is 1. The molecule has 0 aliphatic heterocycles. The number of carbonyl (C=O) groups is 1. The average Bonchev–Trinajstić information content (AvgIpc) is 2.17. The SMILES string of the molecule is Cc1cccc(C(=O)O)c1NC(C)CC(F)(F)F. The molecule has 1 atom stereocenters. The Hall–Kier alpha value is -1.72. The van der Waals surface area contributed by atoms with Crippen molar-refractivity contribution in [2.45, 2.75) is 32.5 Å². The van der Waals surface area contributed by atoms with E-state index in [1.54, 1.807) is 19.1 Å². The molecule has 3 nitrogen and oxygen atoms in total. The molecule has 1 rings (SSSR count). The summed E-state index contributed by atoms with van der Waals surface area (Å²) in [5.74, 6) is -1.17. The van der Waals surface area contributed by atoms with E-state index in [-0.39, 0.29) is 11.3 Å². The zero-order chi connectivity index (χ0) is 13.9. The molecule has 0 aliphatic rings. The number of hydrogen-bond donors (Lipinski definition) is 2. The molecule has 1 aromatic rings. The van der Waals surface area contributed by atoms with Gasteiger partial charge in [0.1, 0.15) is 0 Å². The summed E-state index contributed by atoms with van der Waals surface area (Å²) in [4.78, 5) is 11.0. The van der Waals surface area contributed by atoms with E-state index < -0.39 is 24.6 Å². The molecule has 0 saturated heterocycles. The number of alkyl halides is 3. The van der Waals surface area contributed by atoms with Crippen molar-refractivity contribution < 1.29 is 23.1 Å². The lowest BCUT2D eigenvalue weighted by Crippen LogP contribution is -2.25. The highest BCUT2D eigenvalue weighted by Gasteiger charge is 2.30. The summed E-state index contributed by atoms with van der Waals surface area (Å²) in [5.41, 5.74) is 0.815. The number of rotatable bonds is 4. The van der Waals surface area contributed by atoms with Crippen molar-refractivity contribution in [2.24, 2.45) is 0 Å². The van der Waals surface area contributed by atoms with Crippen LogP contribution in [0, 0.1) is 6.92 Å². The molecule has 100 valence electrons. The maximum Gasteiger partial charge on any atom is 0.391 e. The zero-order valence-corrected chi connectivity index (χ0v) is 10.0. The van der Waals surface area contributed by atoms with Crippen molar-refractivity contribution in [1.82, 2.24) is 0 Å². The zero-order valence-electron chi connectivity index (χ0n) is 10.0. The molecule has 0 aromatic heterocycles. The monoisotopic (exact) mass is 261 g/mol. The number of carboxylic acids is 1. The Labute approximate surface area is 103 Å². The van der Waals surface area contributed by atoms with Crippen LogP contribution >= 0.6 is 0 Å². The van der Waals surface area contributed by atoms with E-state index in [9.17, 15) is 18.0 Å². The van der Waals surface area contributed by atoms with Gasteiger partial charge in [-0.2, -0.15) is 13.2 Å². The first-order chi connectivity index (χ1) is 8.20. The Morgan fingerprint density at radius 3 is 2.56 bits per heavy atom. The molecule has 0 fully saturated rings. The summed E-state index contributed by atoms with van der Waals surface area (Å²) in [5, 5.41) is 11.6. The highest BCUT2D eigenvalue weighted by atomic mass is 19.4. The molecular formula is C12H14F3NO2. The van der Waals surface area contributed by atoms with Crippen LogP contribution < -0.4 is 5.32 Å². The summed E-state index contributed by atoms with van der Waals surface area (Å²) in [6.45, 7) is 3.01. The van der Waals surface area contributed by atoms with Crippen molar-refractivity contribution in [2.75, 3.05) is 5.32 Å². The summed E-state index contributed by atoms with van der Waals surface area (Å²) in [7, 11) is 0. The van der Waals surface area contributed by atoms with Crippen LogP contribution in [0.4, 0.5) is 18.9 Å². The van der Waals surface area contributed by atoms with Crippen molar-refractivity contribution in [3.63, 3.8) is 0 Å². The normalized spacial score (nSPS) is 13.2. The number of aromatic carboxylic acids is 1. The maximum atomic E-state index is 12.2. The summed E-state index contributed by atoms with van der Waals surface area (Å²) >= 11 is 0. The van der Waals surface area contributed by atoms with Crippen molar-refractivity contribution >= 4 is 11.7 Å². The number of benzene rings is 1. The van der Waals surface area contributed by atoms with E-state index in [4.69, 9.17) is 5.11 Å². The van der Waals surface area contributed by atoms with Crippen molar-refractivity contribution in [3.05, 3.63) is 29.3 Å². The van der Waals surface area contributed by atoms with E-state index in [0.29, 0.717) is 5.56 Å². The van der Waals surface area contributed by atoms with Crippen molar-refractivity contribution in [3.8, 4) is 0 Å². The minimum Gasteiger partial charge on any atom is -0.478 e. The van der Waals surface area contributed by atoms with Gasteiger partial charge < -0.3 is 10.4 Å². The third-order valence-corrected chi connectivity index (χ3v) is 2.43. The number of aryl methyl sites for hydroxylation is 1. The molecule has 0 radical (unpaired) electrons. The third-order valence-electron chi connectivity index (χ3n) is 2.43. The number of carboxylic acid groups (broad SMARTS) is 1. The minimum absolute atomic E-state index is 0.0241. The predicted octanol–water partition coefficient (Wildman–Crippen LogP) is 3.45. The molecule has 1 aromatic carbocycles. The summed E-state index contributed by atoms with van der Waals surface area (Å²) < 4.78 is 36.6. The second-order valence-electron chi connectivity index (χ2n) is 4.17. The lowest BCUT2D eigenvalue weighted by Gasteiger charge is -2.19. The molecule has 0 spiro atoms. The smallest absolute Gasteiger partial charge is 0.391 e. The number of anilines is 1. The van der Waals surface area contributed by atoms with Crippen LogP contribution in [0.5, 0.6) is 0 Å².